The van der Waals surface area contributed by atoms with Gasteiger partial charge >= 0.3 is 0 Å². The van der Waals surface area contributed by atoms with Gasteiger partial charge in [0.05, 0.1) is 4.90 Å². The first-order chi connectivity index (χ1) is 9.77. The molecule has 0 radical (unpaired) electrons. The maximum atomic E-state index is 12.0. The van der Waals surface area contributed by atoms with Crippen molar-refractivity contribution < 1.29 is 13.2 Å². The van der Waals surface area contributed by atoms with Crippen LogP contribution in [0.4, 0.5) is 5.69 Å². The van der Waals surface area contributed by atoms with Crippen molar-refractivity contribution in [1.82, 2.24) is 0 Å². The molecule has 3 N–H and O–H groups in total. The van der Waals surface area contributed by atoms with Gasteiger partial charge in [0.2, 0.25) is 10.0 Å². The molecule has 110 valence electrons. The number of carbonyl (C=O) groups excluding carboxylic acids is 1. The molecule has 0 spiro atoms. The molecule has 0 atom stereocenters. The largest absolute Gasteiger partial charge is 0.322 e. The van der Waals surface area contributed by atoms with E-state index in [2.05, 4.69) is 21.2 Å². The van der Waals surface area contributed by atoms with Crippen LogP contribution >= 0.6 is 27.5 Å². The van der Waals surface area contributed by atoms with Crippen molar-refractivity contribution in [3.8, 4) is 0 Å². The number of primary sulfonamides is 1. The number of benzene rings is 2. The zero-order chi connectivity index (χ0) is 15.6. The minimum Gasteiger partial charge on any atom is -0.322 e. The zero-order valence-electron chi connectivity index (χ0n) is 10.5. The standard InChI is InChI=1S/C13H10BrClN2O3S/c14-11-7-10(5-6-12(11)21(16,19)20)17-13(18)8-1-3-9(15)4-2-8/h1-7H,(H,17,18)(H2,16,19,20). The molecule has 0 aliphatic heterocycles. The Bertz CT molecular complexity index is 792. The van der Waals surface area contributed by atoms with Crippen LogP contribution < -0.4 is 10.5 Å². The summed E-state index contributed by atoms with van der Waals surface area (Å²) in [6, 6.07) is 10.6. The Morgan fingerprint density at radius 2 is 1.76 bits per heavy atom. The molecule has 2 aromatic rings. The minimum absolute atomic E-state index is 0.0491. The molecule has 2 aromatic carbocycles. The molecule has 0 aliphatic rings. The second-order valence-corrected chi connectivity index (χ2v) is 6.97. The quantitative estimate of drug-likeness (QED) is 0.845. The number of halogens is 2. The average molecular weight is 390 g/mol. The Kier molecular flexibility index (Phi) is 4.67. The van der Waals surface area contributed by atoms with Gasteiger partial charge in [-0.3, -0.25) is 4.79 Å². The van der Waals surface area contributed by atoms with E-state index in [1.807, 2.05) is 0 Å². The highest BCUT2D eigenvalue weighted by molar-refractivity contribution is 9.10. The van der Waals surface area contributed by atoms with Gasteiger partial charge in [0.1, 0.15) is 0 Å². The van der Waals surface area contributed by atoms with Crippen molar-refractivity contribution in [1.29, 1.82) is 0 Å². The van der Waals surface area contributed by atoms with E-state index in [1.54, 1.807) is 24.3 Å². The molecule has 0 saturated carbocycles. The maximum Gasteiger partial charge on any atom is 0.255 e. The molecule has 0 saturated heterocycles. The average Bonchev–Trinajstić information content (AvgIpc) is 2.37. The molecule has 21 heavy (non-hydrogen) atoms. The molecule has 1 amide bonds. The molecule has 5 nitrogen and oxygen atoms in total. The fraction of sp³-hybridized carbons (Fsp3) is 0. The number of nitrogens with two attached hydrogens (primary N) is 1. The van der Waals surface area contributed by atoms with Gasteiger partial charge in [-0.1, -0.05) is 11.6 Å². The van der Waals surface area contributed by atoms with Crippen LogP contribution in [0.25, 0.3) is 0 Å². The first-order valence-electron chi connectivity index (χ1n) is 5.66. The number of nitrogens with one attached hydrogen (secondary N) is 1. The second kappa shape index (κ2) is 6.15. The molecular weight excluding hydrogens is 380 g/mol. The molecule has 0 heterocycles. The van der Waals surface area contributed by atoms with Gasteiger partial charge in [0, 0.05) is 20.7 Å². The third-order valence-corrected chi connectivity index (χ3v) is 4.74. The van der Waals surface area contributed by atoms with Crippen molar-refractivity contribution in [2.75, 3.05) is 5.32 Å². The monoisotopic (exact) mass is 388 g/mol. The summed E-state index contributed by atoms with van der Waals surface area (Å²) in [5.41, 5.74) is 0.875. The molecule has 0 fully saturated rings. The number of sulfonamides is 1. The van der Waals surface area contributed by atoms with Gasteiger partial charge in [0.25, 0.3) is 5.91 Å². The number of anilines is 1. The van der Waals surface area contributed by atoms with Gasteiger partial charge in [0.15, 0.2) is 0 Å². The summed E-state index contributed by atoms with van der Waals surface area (Å²) < 4.78 is 22.9. The number of carbonyl (C=O) groups is 1. The maximum absolute atomic E-state index is 12.0. The van der Waals surface area contributed by atoms with Gasteiger partial charge in [-0.05, 0) is 58.4 Å². The lowest BCUT2D eigenvalue weighted by Crippen LogP contribution is -2.14. The van der Waals surface area contributed by atoms with Crippen LogP contribution in [0.2, 0.25) is 5.02 Å². The van der Waals surface area contributed by atoms with Gasteiger partial charge in [-0.15, -0.1) is 0 Å². The van der Waals surface area contributed by atoms with Crippen molar-refractivity contribution in [2.24, 2.45) is 5.14 Å². The van der Waals surface area contributed by atoms with E-state index in [0.29, 0.717) is 16.3 Å². The predicted octanol–water partition coefficient (Wildman–Crippen LogP) is 3.00. The van der Waals surface area contributed by atoms with Crippen LogP contribution in [0.3, 0.4) is 0 Å². The normalized spacial score (nSPS) is 11.2. The highest BCUT2D eigenvalue weighted by Crippen LogP contribution is 2.25. The predicted molar refractivity (Wildman–Crippen MR) is 84.9 cm³/mol. The van der Waals surface area contributed by atoms with E-state index < -0.39 is 10.0 Å². The SMILES string of the molecule is NS(=O)(=O)c1ccc(NC(=O)c2ccc(Cl)cc2)cc1Br. The third-order valence-electron chi connectivity index (χ3n) is 2.60. The number of hydrogen-bond donors (Lipinski definition) is 2. The van der Waals surface area contributed by atoms with E-state index in [4.69, 9.17) is 16.7 Å². The van der Waals surface area contributed by atoms with Crippen LogP contribution in [-0.2, 0) is 10.0 Å². The number of hydrogen-bond acceptors (Lipinski definition) is 3. The Balaban J connectivity index is 2.22. The summed E-state index contributed by atoms with van der Waals surface area (Å²) >= 11 is 8.86. The molecule has 0 bridgehead atoms. The second-order valence-electron chi connectivity index (χ2n) is 4.15. The van der Waals surface area contributed by atoms with Gasteiger partial charge in [-0.2, -0.15) is 0 Å². The van der Waals surface area contributed by atoms with Crippen molar-refractivity contribution in [3.05, 3.63) is 57.5 Å². The third kappa shape index (κ3) is 4.04. The molecule has 0 aromatic heterocycles. The fourth-order valence-electron chi connectivity index (χ4n) is 1.61. The zero-order valence-corrected chi connectivity index (χ0v) is 13.7. The van der Waals surface area contributed by atoms with Crippen LogP contribution in [0.15, 0.2) is 51.8 Å². The fourth-order valence-corrected chi connectivity index (χ4v) is 3.38. The highest BCUT2D eigenvalue weighted by atomic mass is 79.9. The summed E-state index contributed by atoms with van der Waals surface area (Å²) in [6.45, 7) is 0. The molecule has 0 unspecified atom stereocenters. The van der Waals surface area contributed by atoms with Gasteiger partial charge in [-0.25, -0.2) is 13.6 Å². The topological polar surface area (TPSA) is 89.3 Å². The van der Waals surface area contributed by atoms with Crippen LogP contribution in [0.5, 0.6) is 0 Å². The van der Waals surface area contributed by atoms with Crippen molar-refractivity contribution in [3.63, 3.8) is 0 Å². The van der Waals surface area contributed by atoms with E-state index in [-0.39, 0.29) is 15.3 Å². The first kappa shape index (κ1) is 16.0. The van der Waals surface area contributed by atoms with Crippen molar-refractivity contribution in [2.45, 2.75) is 4.90 Å². The smallest absolute Gasteiger partial charge is 0.255 e. The number of rotatable bonds is 3. The number of amides is 1. The Hall–Kier alpha value is -1.41. The Morgan fingerprint density at radius 1 is 1.14 bits per heavy atom. The van der Waals surface area contributed by atoms with Crippen LogP contribution in [0.1, 0.15) is 10.4 Å². The van der Waals surface area contributed by atoms with Crippen LogP contribution in [-0.4, -0.2) is 14.3 Å². The van der Waals surface area contributed by atoms with E-state index in [9.17, 15) is 13.2 Å². The minimum atomic E-state index is -3.81. The van der Waals surface area contributed by atoms with Crippen LogP contribution in [0, 0.1) is 0 Å². The lowest BCUT2D eigenvalue weighted by molar-refractivity contribution is 0.102. The molecule has 8 heteroatoms. The summed E-state index contributed by atoms with van der Waals surface area (Å²) in [5, 5.41) is 8.24. The molecular formula is C13H10BrClN2O3S. The van der Waals surface area contributed by atoms with Crippen molar-refractivity contribution >= 4 is 49.1 Å². The van der Waals surface area contributed by atoms with E-state index >= 15 is 0 Å². The first-order valence-corrected chi connectivity index (χ1v) is 8.38. The molecule has 2 rings (SSSR count). The summed E-state index contributed by atoms with van der Waals surface area (Å²) in [4.78, 5) is 12.0. The highest BCUT2D eigenvalue weighted by Gasteiger charge is 2.13. The lowest BCUT2D eigenvalue weighted by Gasteiger charge is -2.08. The Morgan fingerprint density at radius 3 is 2.29 bits per heavy atom. The van der Waals surface area contributed by atoms with E-state index in [0.717, 1.165) is 0 Å². The van der Waals surface area contributed by atoms with Gasteiger partial charge < -0.3 is 5.32 Å². The Labute approximate surface area is 135 Å². The summed E-state index contributed by atoms with van der Waals surface area (Å²) in [7, 11) is -3.81. The summed E-state index contributed by atoms with van der Waals surface area (Å²) in [5.74, 6) is -0.332. The van der Waals surface area contributed by atoms with E-state index in [1.165, 1.54) is 18.2 Å². The lowest BCUT2D eigenvalue weighted by atomic mass is 10.2. The molecule has 0 aliphatic carbocycles. The summed E-state index contributed by atoms with van der Waals surface area (Å²) in [6.07, 6.45) is 0.